The molecule has 18 heavy (non-hydrogen) atoms. The molecule has 106 valence electrons. The van der Waals surface area contributed by atoms with E-state index < -0.39 is 5.92 Å². The Morgan fingerprint density at radius 1 is 0.944 bits per heavy atom. The molecule has 2 aliphatic rings. The summed E-state index contributed by atoms with van der Waals surface area (Å²) >= 11 is 0. The van der Waals surface area contributed by atoms with Crippen LogP contribution in [0.3, 0.4) is 0 Å². The normalized spacial score (nSPS) is 39.5. The third-order valence-electron chi connectivity index (χ3n) is 5.37. The fourth-order valence-electron chi connectivity index (χ4n) is 3.69. The molecule has 2 saturated carbocycles. The van der Waals surface area contributed by atoms with E-state index in [4.69, 9.17) is 0 Å². The van der Waals surface area contributed by atoms with E-state index in [2.05, 4.69) is 13.8 Å². The van der Waals surface area contributed by atoms with Crippen molar-refractivity contribution in [1.29, 1.82) is 0 Å². The maximum absolute atomic E-state index is 13.1. The predicted molar refractivity (Wildman–Crippen MR) is 68.6 cm³/mol. The van der Waals surface area contributed by atoms with E-state index in [0.29, 0.717) is 24.7 Å². The van der Waals surface area contributed by atoms with E-state index in [9.17, 15) is 13.9 Å². The quantitative estimate of drug-likeness (QED) is 0.787. The van der Waals surface area contributed by atoms with Crippen molar-refractivity contribution in [3.8, 4) is 0 Å². The lowest BCUT2D eigenvalue weighted by Crippen LogP contribution is -2.38. The standard InChI is InChI=1S/C15H26F2O/c1-10-3-4-13(9-11(10)2)14(18)12-5-7-15(16,17)8-6-12/h10-14,18H,3-9H2,1-2H3. The van der Waals surface area contributed by atoms with Crippen LogP contribution >= 0.6 is 0 Å². The third-order valence-corrected chi connectivity index (χ3v) is 5.37. The summed E-state index contributed by atoms with van der Waals surface area (Å²) in [5.74, 6) is -0.638. The summed E-state index contributed by atoms with van der Waals surface area (Å²) in [4.78, 5) is 0. The van der Waals surface area contributed by atoms with Gasteiger partial charge in [-0.15, -0.1) is 0 Å². The second kappa shape index (κ2) is 5.44. The highest BCUT2D eigenvalue weighted by Crippen LogP contribution is 2.42. The van der Waals surface area contributed by atoms with Crippen LogP contribution in [-0.2, 0) is 0 Å². The van der Waals surface area contributed by atoms with Gasteiger partial charge in [-0.3, -0.25) is 0 Å². The van der Waals surface area contributed by atoms with Crippen LogP contribution in [0.4, 0.5) is 8.78 Å². The summed E-state index contributed by atoms with van der Waals surface area (Å²) in [5, 5.41) is 10.4. The van der Waals surface area contributed by atoms with Crippen LogP contribution in [-0.4, -0.2) is 17.1 Å². The van der Waals surface area contributed by atoms with E-state index in [0.717, 1.165) is 18.8 Å². The number of halogens is 2. The first-order valence-electron chi connectivity index (χ1n) is 7.45. The van der Waals surface area contributed by atoms with Gasteiger partial charge in [0, 0.05) is 12.8 Å². The van der Waals surface area contributed by atoms with Crippen LogP contribution in [0, 0.1) is 23.7 Å². The van der Waals surface area contributed by atoms with Crippen molar-refractivity contribution >= 4 is 0 Å². The average molecular weight is 260 g/mol. The fraction of sp³-hybridized carbons (Fsp3) is 1.00. The van der Waals surface area contributed by atoms with E-state index >= 15 is 0 Å². The van der Waals surface area contributed by atoms with E-state index in [1.807, 2.05) is 0 Å². The van der Waals surface area contributed by atoms with Gasteiger partial charge in [0.05, 0.1) is 6.10 Å². The van der Waals surface area contributed by atoms with Crippen molar-refractivity contribution < 1.29 is 13.9 Å². The molecule has 0 aliphatic heterocycles. The minimum atomic E-state index is -2.48. The highest BCUT2D eigenvalue weighted by molar-refractivity contribution is 4.87. The second-order valence-corrected chi connectivity index (χ2v) is 6.71. The van der Waals surface area contributed by atoms with Gasteiger partial charge in [-0.25, -0.2) is 8.78 Å². The fourth-order valence-corrected chi connectivity index (χ4v) is 3.69. The second-order valence-electron chi connectivity index (χ2n) is 6.71. The first-order valence-corrected chi connectivity index (χ1v) is 7.45. The Bertz CT molecular complexity index is 270. The molecule has 2 fully saturated rings. The van der Waals surface area contributed by atoms with Crippen LogP contribution in [0.25, 0.3) is 0 Å². The zero-order valence-electron chi connectivity index (χ0n) is 11.5. The van der Waals surface area contributed by atoms with Crippen LogP contribution in [0.15, 0.2) is 0 Å². The van der Waals surface area contributed by atoms with Crippen molar-refractivity contribution in [3.63, 3.8) is 0 Å². The summed E-state index contributed by atoms with van der Waals surface area (Å²) in [6, 6.07) is 0. The Hall–Kier alpha value is -0.180. The highest BCUT2D eigenvalue weighted by Gasteiger charge is 2.40. The molecule has 3 heteroatoms. The largest absolute Gasteiger partial charge is 0.393 e. The Morgan fingerprint density at radius 3 is 2.11 bits per heavy atom. The molecular weight excluding hydrogens is 234 g/mol. The molecule has 0 amide bonds. The van der Waals surface area contributed by atoms with Crippen LogP contribution in [0.2, 0.25) is 0 Å². The van der Waals surface area contributed by atoms with Crippen LogP contribution in [0.1, 0.15) is 58.8 Å². The van der Waals surface area contributed by atoms with Gasteiger partial charge < -0.3 is 5.11 Å². The van der Waals surface area contributed by atoms with Crippen molar-refractivity contribution in [2.75, 3.05) is 0 Å². The van der Waals surface area contributed by atoms with Gasteiger partial charge in [0.1, 0.15) is 0 Å². The van der Waals surface area contributed by atoms with Crippen molar-refractivity contribution in [2.24, 2.45) is 23.7 Å². The molecule has 4 unspecified atom stereocenters. The Labute approximate surface area is 109 Å². The molecule has 1 nitrogen and oxygen atoms in total. The zero-order chi connectivity index (χ0) is 13.3. The molecule has 2 aliphatic carbocycles. The summed E-state index contributed by atoms with van der Waals surface area (Å²) < 4.78 is 26.2. The van der Waals surface area contributed by atoms with Crippen LogP contribution < -0.4 is 0 Å². The zero-order valence-corrected chi connectivity index (χ0v) is 11.5. The van der Waals surface area contributed by atoms with Gasteiger partial charge in [0.15, 0.2) is 0 Å². The monoisotopic (exact) mass is 260 g/mol. The molecule has 0 spiro atoms. The molecular formula is C15H26F2O. The predicted octanol–water partition coefficient (Wildman–Crippen LogP) is 4.25. The van der Waals surface area contributed by atoms with Gasteiger partial charge in [-0.1, -0.05) is 20.3 Å². The van der Waals surface area contributed by atoms with Crippen LogP contribution in [0.5, 0.6) is 0 Å². The molecule has 0 aromatic heterocycles. The topological polar surface area (TPSA) is 20.2 Å². The number of hydrogen-bond acceptors (Lipinski definition) is 1. The van der Waals surface area contributed by atoms with E-state index in [1.165, 1.54) is 6.42 Å². The number of alkyl halides is 2. The molecule has 2 rings (SSSR count). The minimum Gasteiger partial charge on any atom is -0.393 e. The van der Waals surface area contributed by atoms with Gasteiger partial charge >= 0.3 is 0 Å². The summed E-state index contributed by atoms with van der Waals surface area (Å²) in [5.41, 5.74) is 0. The van der Waals surface area contributed by atoms with E-state index in [-0.39, 0.29) is 24.9 Å². The van der Waals surface area contributed by atoms with Gasteiger partial charge in [0.2, 0.25) is 5.92 Å². The molecule has 0 bridgehead atoms. The molecule has 4 atom stereocenters. The number of aliphatic hydroxyl groups excluding tert-OH is 1. The maximum atomic E-state index is 13.1. The molecule has 0 heterocycles. The first kappa shape index (κ1) is 14.2. The lowest BCUT2D eigenvalue weighted by molar-refractivity contribution is -0.0756. The number of hydrogen-bond donors (Lipinski definition) is 1. The number of aliphatic hydroxyl groups is 1. The summed E-state index contributed by atoms with van der Waals surface area (Å²) in [6.45, 7) is 4.52. The Balaban J connectivity index is 1.86. The van der Waals surface area contributed by atoms with Crippen molar-refractivity contribution in [2.45, 2.75) is 70.8 Å². The summed E-state index contributed by atoms with van der Waals surface area (Å²) in [6.07, 6.45) is 3.88. The average Bonchev–Trinajstić information content (AvgIpc) is 2.32. The lowest BCUT2D eigenvalue weighted by atomic mass is 9.69. The molecule has 1 N–H and O–H groups in total. The van der Waals surface area contributed by atoms with Crippen molar-refractivity contribution in [3.05, 3.63) is 0 Å². The first-order chi connectivity index (χ1) is 8.39. The lowest BCUT2D eigenvalue weighted by Gasteiger charge is -2.39. The highest BCUT2D eigenvalue weighted by atomic mass is 19.3. The SMILES string of the molecule is CC1CCC(C(O)C2CCC(F)(F)CC2)CC1C. The smallest absolute Gasteiger partial charge is 0.248 e. The Kier molecular flexibility index (Phi) is 4.30. The van der Waals surface area contributed by atoms with Gasteiger partial charge in [-0.2, -0.15) is 0 Å². The van der Waals surface area contributed by atoms with E-state index in [1.54, 1.807) is 0 Å². The van der Waals surface area contributed by atoms with Gasteiger partial charge in [-0.05, 0) is 49.4 Å². The third kappa shape index (κ3) is 3.23. The molecule has 0 radical (unpaired) electrons. The Morgan fingerprint density at radius 2 is 1.56 bits per heavy atom. The molecule has 0 saturated heterocycles. The maximum Gasteiger partial charge on any atom is 0.248 e. The summed E-state index contributed by atoms with van der Waals surface area (Å²) in [7, 11) is 0. The minimum absolute atomic E-state index is 0.0343. The van der Waals surface area contributed by atoms with Crippen molar-refractivity contribution in [1.82, 2.24) is 0 Å². The molecule has 0 aromatic rings. The number of rotatable bonds is 2. The molecule has 0 aromatic carbocycles. The van der Waals surface area contributed by atoms with Gasteiger partial charge in [0.25, 0.3) is 0 Å².